The van der Waals surface area contributed by atoms with Gasteiger partial charge in [0.1, 0.15) is 0 Å². The van der Waals surface area contributed by atoms with Crippen LogP contribution in [0.2, 0.25) is 11.3 Å². The lowest BCUT2D eigenvalue weighted by atomic mass is 9.89. The first-order valence-corrected chi connectivity index (χ1v) is 6.89. The summed E-state index contributed by atoms with van der Waals surface area (Å²) in [6, 6.07) is 14.4. The van der Waals surface area contributed by atoms with E-state index in [2.05, 4.69) is 31.2 Å². The minimum absolute atomic E-state index is 0.757. The molecule has 0 unspecified atom stereocenters. The van der Waals surface area contributed by atoms with Gasteiger partial charge in [0.05, 0.1) is 12.3 Å². The fourth-order valence-corrected chi connectivity index (χ4v) is 2.58. The average molecular weight is 272 g/mol. The summed E-state index contributed by atoms with van der Waals surface area (Å²) in [5, 5.41) is 0.757. The normalized spacial score (nSPS) is 14.5. The Labute approximate surface area is 119 Å². The maximum Gasteiger partial charge on any atom is 0.275 e. The van der Waals surface area contributed by atoms with Gasteiger partial charge in [-0.2, -0.15) is 0 Å². The second-order valence-corrected chi connectivity index (χ2v) is 5.26. The molecular formula is C15H15BClNO. The van der Waals surface area contributed by atoms with E-state index >= 15 is 0 Å². The maximum atomic E-state index is 6.10. The summed E-state index contributed by atoms with van der Waals surface area (Å²) >= 11 is 6.10. The number of hydrogen-bond acceptors (Lipinski definition) is 2. The third-order valence-corrected chi connectivity index (χ3v) is 3.54. The highest BCUT2D eigenvalue weighted by atomic mass is 35.5. The maximum absolute atomic E-state index is 6.10. The number of nitrogens with zero attached hydrogens (tertiary/aromatic N) is 1. The minimum Gasteiger partial charge on any atom is -0.304 e. The highest BCUT2D eigenvalue weighted by molar-refractivity contribution is 6.41. The van der Waals surface area contributed by atoms with Crippen LogP contribution in [0.15, 0.2) is 42.5 Å². The van der Waals surface area contributed by atoms with Crippen molar-refractivity contribution in [1.29, 1.82) is 0 Å². The van der Waals surface area contributed by atoms with Crippen LogP contribution < -0.4 is 4.97 Å². The third kappa shape index (κ3) is 2.62. The molecule has 2 aromatic carbocycles. The topological polar surface area (TPSA) is 12.5 Å². The number of rotatable bonds is 2. The molecule has 1 aliphatic heterocycles. The third-order valence-electron chi connectivity index (χ3n) is 3.31. The van der Waals surface area contributed by atoms with E-state index in [-0.39, 0.29) is 0 Å². The van der Waals surface area contributed by atoms with Gasteiger partial charge in [0.25, 0.3) is 7.41 Å². The quantitative estimate of drug-likeness (QED) is 0.770. The van der Waals surface area contributed by atoms with Crippen molar-refractivity contribution in [3.63, 3.8) is 0 Å². The SMILES string of the molecule is Cc1ccc(N2BCCO2)c(-c2cccc(Cl)c2)c1. The molecule has 0 bridgehead atoms. The number of aryl methyl sites for hydroxylation is 1. The molecule has 0 spiro atoms. The average Bonchev–Trinajstić information content (AvgIpc) is 2.92. The molecule has 0 aromatic heterocycles. The summed E-state index contributed by atoms with van der Waals surface area (Å²) in [6.07, 6.45) is 1.07. The summed E-state index contributed by atoms with van der Waals surface area (Å²) in [5.74, 6) is 0. The first-order valence-electron chi connectivity index (χ1n) is 6.51. The highest BCUT2D eigenvalue weighted by Gasteiger charge is 2.19. The summed E-state index contributed by atoms with van der Waals surface area (Å²) in [4.78, 5) is 7.65. The van der Waals surface area contributed by atoms with Gasteiger partial charge in [-0.3, -0.25) is 4.84 Å². The van der Waals surface area contributed by atoms with E-state index in [1.54, 1.807) is 0 Å². The lowest BCUT2D eigenvalue weighted by molar-refractivity contribution is 0.185. The summed E-state index contributed by atoms with van der Waals surface area (Å²) in [6.45, 7) is 2.89. The monoisotopic (exact) mass is 271 g/mol. The Morgan fingerprint density at radius 1 is 1.21 bits per heavy atom. The van der Waals surface area contributed by atoms with Gasteiger partial charge in [0.15, 0.2) is 0 Å². The van der Waals surface area contributed by atoms with Crippen molar-refractivity contribution in [2.45, 2.75) is 13.2 Å². The molecule has 1 fully saturated rings. The van der Waals surface area contributed by atoms with Gasteiger partial charge >= 0.3 is 0 Å². The number of benzene rings is 2. The Balaban J connectivity index is 2.10. The first kappa shape index (κ1) is 12.6. The van der Waals surface area contributed by atoms with E-state index < -0.39 is 0 Å². The van der Waals surface area contributed by atoms with Crippen molar-refractivity contribution in [2.24, 2.45) is 0 Å². The summed E-state index contributed by atoms with van der Waals surface area (Å²) in [7, 11) is 0.941. The van der Waals surface area contributed by atoms with E-state index in [4.69, 9.17) is 16.4 Å². The van der Waals surface area contributed by atoms with Gasteiger partial charge in [0, 0.05) is 10.6 Å². The molecule has 3 rings (SSSR count). The molecule has 2 nitrogen and oxygen atoms in total. The Hall–Kier alpha value is -1.45. The molecule has 1 aliphatic rings. The van der Waals surface area contributed by atoms with Crippen LogP contribution in [0.1, 0.15) is 5.56 Å². The Morgan fingerprint density at radius 2 is 2.11 bits per heavy atom. The minimum atomic E-state index is 0.757. The smallest absolute Gasteiger partial charge is 0.275 e. The van der Waals surface area contributed by atoms with Crippen molar-refractivity contribution in [3.05, 3.63) is 53.1 Å². The van der Waals surface area contributed by atoms with Gasteiger partial charge in [-0.25, -0.2) is 0 Å². The molecule has 0 radical (unpaired) electrons. The van der Waals surface area contributed by atoms with E-state index in [0.717, 1.165) is 36.6 Å². The molecule has 0 aliphatic carbocycles. The molecular weight excluding hydrogens is 256 g/mol. The lowest BCUT2D eigenvalue weighted by Crippen LogP contribution is -2.19. The van der Waals surface area contributed by atoms with Crippen LogP contribution in [-0.4, -0.2) is 14.0 Å². The van der Waals surface area contributed by atoms with Gasteiger partial charge in [-0.1, -0.05) is 35.4 Å². The van der Waals surface area contributed by atoms with E-state index in [0.29, 0.717) is 0 Å². The molecule has 2 aromatic rings. The van der Waals surface area contributed by atoms with Gasteiger partial charge in [-0.05, 0) is 43.1 Å². The van der Waals surface area contributed by atoms with Gasteiger partial charge in [0.2, 0.25) is 0 Å². The Bertz CT molecular complexity index is 596. The zero-order valence-electron chi connectivity index (χ0n) is 10.9. The number of hydrogen-bond donors (Lipinski definition) is 0. The van der Waals surface area contributed by atoms with Crippen molar-refractivity contribution >= 4 is 24.7 Å². The Morgan fingerprint density at radius 3 is 2.84 bits per heavy atom. The van der Waals surface area contributed by atoms with Crippen LogP contribution in [-0.2, 0) is 4.84 Å². The molecule has 0 amide bonds. The zero-order valence-corrected chi connectivity index (χ0v) is 11.7. The Kier molecular flexibility index (Phi) is 3.49. The van der Waals surface area contributed by atoms with E-state index in [1.165, 1.54) is 11.1 Å². The highest BCUT2D eigenvalue weighted by Crippen LogP contribution is 2.34. The summed E-state index contributed by atoms with van der Waals surface area (Å²) in [5.41, 5.74) is 4.65. The molecule has 0 saturated carbocycles. The van der Waals surface area contributed by atoms with Gasteiger partial charge in [-0.15, -0.1) is 0 Å². The number of anilines is 1. The summed E-state index contributed by atoms with van der Waals surface area (Å²) < 4.78 is 0. The molecule has 1 saturated heterocycles. The van der Waals surface area contributed by atoms with E-state index in [9.17, 15) is 0 Å². The molecule has 0 N–H and O–H groups in total. The molecule has 0 atom stereocenters. The van der Waals surface area contributed by atoms with Crippen molar-refractivity contribution < 1.29 is 4.84 Å². The fraction of sp³-hybridized carbons (Fsp3) is 0.200. The standard InChI is InChI=1S/C15H15BClNO/c1-11-5-6-15(18-16-7-8-19-18)14(9-11)12-3-2-4-13(17)10-12/h2-6,9-10,16H,7-8H2,1H3. The van der Waals surface area contributed by atoms with Crippen LogP contribution in [0.25, 0.3) is 11.1 Å². The molecule has 1 heterocycles. The number of halogens is 1. The van der Waals surface area contributed by atoms with Crippen molar-refractivity contribution in [2.75, 3.05) is 11.6 Å². The van der Waals surface area contributed by atoms with Crippen LogP contribution in [0.5, 0.6) is 0 Å². The predicted molar refractivity (Wildman–Crippen MR) is 82.0 cm³/mol. The molecule has 96 valence electrons. The van der Waals surface area contributed by atoms with Crippen LogP contribution in [0, 0.1) is 6.92 Å². The second-order valence-electron chi connectivity index (χ2n) is 4.82. The lowest BCUT2D eigenvalue weighted by Gasteiger charge is -2.21. The second kappa shape index (κ2) is 5.28. The van der Waals surface area contributed by atoms with Crippen molar-refractivity contribution in [3.8, 4) is 11.1 Å². The van der Waals surface area contributed by atoms with Crippen LogP contribution in [0.4, 0.5) is 5.69 Å². The van der Waals surface area contributed by atoms with E-state index in [1.807, 2.05) is 23.2 Å². The largest absolute Gasteiger partial charge is 0.304 e. The fourth-order valence-electron chi connectivity index (χ4n) is 2.39. The predicted octanol–water partition coefficient (Wildman–Crippen LogP) is 3.84. The first-order chi connectivity index (χ1) is 9.24. The van der Waals surface area contributed by atoms with Crippen molar-refractivity contribution in [1.82, 2.24) is 0 Å². The van der Waals surface area contributed by atoms with Crippen LogP contribution >= 0.6 is 11.6 Å². The van der Waals surface area contributed by atoms with Gasteiger partial charge < -0.3 is 4.97 Å². The zero-order chi connectivity index (χ0) is 13.2. The molecule has 19 heavy (non-hydrogen) atoms. The molecule has 4 heteroatoms. The van der Waals surface area contributed by atoms with Crippen LogP contribution in [0.3, 0.4) is 0 Å².